The Balaban J connectivity index is 0.00000480. The molecule has 0 radical (unpaired) electrons. The first-order valence-electron chi connectivity index (χ1n) is 11.5. The van der Waals surface area contributed by atoms with Crippen LogP contribution in [0.15, 0.2) is 48.5 Å². The highest BCUT2D eigenvalue weighted by Crippen LogP contribution is 2.40. The van der Waals surface area contributed by atoms with Gasteiger partial charge >= 0.3 is 5.91 Å². The third kappa shape index (κ3) is 6.95. The summed E-state index contributed by atoms with van der Waals surface area (Å²) < 4.78 is 14.0. The third-order valence-corrected chi connectivity index (χ3v) is 5.78. The molecule has 0 saturated carbocycles. The molecule has 5 heteroatoms. The Morgan fingerprint density at radius 1 is 0.844 bits per heavy atom. The first kappa shape index (κ1) is 30.4. The van der Waals surface area contributed by atoms with Crippen molar-refractivity contribution in [1.29, 1.82) is 0 Å². The Morgan fingerprint density at radius 3 is 1.94 bits per heavy atom. The van der Waals surface area contributed by atoms with E-state index in [2.05, 4.69) is 73.8 Å². The molecular weight excluding hydrogens is 422 g/mol. The van der Waals surface area contributed by atoms with Crippen LogP contribution in [0.25, 0.3) is 0 Å². The predicted octanol–water partition coefficient (Wildman–Crippen LogP) is 2.59. The smallest absolute Gasteiger partial charge is 0.390 e. The highest BCUT2D eigenvalue weighted by Gasteiger charge is 2.52. The van der Waals surface area contributed by atoms with Crippen molar-refractivity contribution in [3.63, 3.8) is 0 Å². The van der Waals surface area contributed by atoms with Gasteiger partial charge in [-0.25, -0.2) is 0 Å². The van der Waals surface area contributed by atoms with Crippen molar-refractivity contribution in [2.24, 2.45) is 11.8 Å². The minimum absolute atomic E-state index is 0. The second-order valence-corrected chi connectivity index (χ2v) is 9.57. The maximum atomic E-state index is 6.82. The summed E-state index contributed by atoms with van der Waals surface area (Å²) >= 11 is 0. The van der Waals surface area contributed by atoms with Crippen molar-refractivity contribution in [2.75, 3.05) is 27.2 Å². The van der Waals surface area contributed by atoms with E-state index in [0.29, 0.717) is 22.9 Å². The largest absolute Gasteiger partial charge is 1.00 e. The first-order valence-corrected chi connectivity index (χ1v) is 11.5. The summed E-state index contributed by atoms with van der Waals surface area (Å²) in [5, 5.41) is 0. The average Bonchev–Trinajstić information content (AvgIpc) is 2.69. The van der Waals surface area contributed by atoms with Gasteiger partial charge in [-0.15, -0.1) is 0 Å². The lowest BCUT2D eigenvalue weighted by atomic mass is 9.87. The fourth-order valence-corrected chi connectivity index (χ4v) is 4.05. The lowest BCUT2D eigenvalue weighted by Crippen LogP contribution is -3.00. The number of ether oxygens (including phenoxy) is 2. The summed E-state index contributed by atoms with van der Waals surface area (Å²) in [4.78, 5) is 0. The van der Waals surface area contributed by atoms with Crippen LogP contribution in [0.5, 0.6) is 5.75 Å². The second-order valence-electron chi connectivity index (χ2n) is 9.57. The molecule has 2 aromatic rings. The van der Waals surface area contributed by atoms with Crippen LogP contribution in [-0.4, -0.2) is 37.2 Å². The molecular formula is C27H44ClNO3. The lowest BCUT2D eigenvalue weighted by molar-refractivity contribution is -1.000. The average molecular weight is 466 g/mol. The molecule has 0 spiro atoms. The van der Waals surface area contributed by atoms with Crippen LogP contribution in [0.4, 0.5) is 0 Å². The highest BCUT2D eigenvalue weighted by molar-refractivity contribution is 5.39. The molecule has 0 aromatic heterocycles. The van der Waals surface area contributed by atoms with E-state index in [4.69, 9.17) is 9.47 Å². The molecule has 0 bridgehead atoms. The van der Waals surface area contributed by atoms with Gasteiger partial charge in [-0.05, 0) is 67.9 Å². The molecule has 0 aliphatic carbocycles. The van der Waals surface area contributed by atoms with Crippen LogP contribution in [0.2, 0.25) is 0 Å². The minimum Gasteiger partial charge on any atom is -1.00 e. The maximum absolute atomic E-state index is 6.82. The second kappa shape index (κ2) is 13.2. The Morgan fingerprint density at radius 2 is 1.44 bits per heavy atom. The Labute approximate surface area is 202 Å². The van der Waals surface area contributed by atoms with Crippen LogP contribution in [-0.2, 0) is 23.5 Å². The van der Waals surface area contributed by atoms with E-state index in [-0.39, 0.29) is 17.9 Å². The van der Waals surface area contributed by atoms with Gasteiger partial charge in [-0.1, -0.05) is 58.0 Å². The van der Waals surface area contributed by atoms with Crippen LogP contribution in [0, 0.1) is 11.8 Å². The number of hydrogen-bond acceptors (Lipinski definition) is 2. The topological polar surface area (TPSA) is 50.0 Å². The van der Waals surface area contributed by atoms with Crippen LogP contribution in [0.1, 0.15) is 58.2 Å². The minimum atomic E-state index is -0.915. The molecule has 1 unspecified atom stereocenters. The number of quaternary nitrogens is 1. The Hall–Kier alpha value is -1.59. The quantitative estimate of drug-likeness (QED) is 0.378. The molecule has 182 valence electrons. The van der Waals surface area contributed by atoms with Gasteiger partial charge in [0.1, 0.15) is 5.75 Å². The van der Waals surface area contributed by atoms with Gasteiger partial charge in [0.25, 0.3) is 0 Å². The number of nitrogens with zero attached hydrogens (tertiary/aromatic N) is 1. The van der Waals surface area contributed by atoms with Crippen molar-refractivity contribution in [3.05, 3.63) is 65.2 Å². The number of rotatable bonds is 11. The summed E-state index contributed by atoms with van der Waals surface area (Å²) in [5.41, 5.74) is 3.95. The van der Waals surface area contributed by atoms with Gasteiger partial charge in [-0.2, -0.15) is 0 Å². The van der Waals surface area contributed by atoms with Gasteiger partial charge < -0.3 is 22.6 Å². The van der Waals surface area contributed by atoms with E-state index < -0.39 is 5.91 Å². The highest BCUT2D eigenvalue weighted by atomic mass is 35.5. The summed E-state index contributed by atoms with van der Waals surface area (Å²) in [6.45, 7) is 14.8. The molecule has 2 rings (SSSR count). The van der Waals surface area contributed by atoms with Crippen molar-refractivity contribution in [2.45, 2.75) is 60.3 Å². The van der Waals surface area contributed by atoms with Crippen molar-refractivity contribution in [3.8, 4) is 5.75 Å². The van der Waals surface area contributed by atoms with E-state index in [0.717, 1.165) is 30.7 Å². The van der Waals surface area contributed by atoms with Gasteiger partial charge in [-0.3, -0.25) is 9.22 Å². The van der Waals surface area contributed by atoms with Gasteiger partial charge in [0.2, 0.25) is 0 Å². The van der Waals surface area contributed by atoms with Gasteiger partial charge in [0.15, 0.2) is 0 Å². The molecule has 4 nitrogen and oxygen atoms in total. The van der Waals surface area contributed by atoms with Crippen LogP contribution < -0.4 is 17.1 Å². The van der Waals surface area contributed by atoms with Gasteiger partial charge in [0.05, 0.1) is 32.8 Å². The molecule has 0 heterocycles. The Bertz CT molecular complexity index is 793. The van der Waals surface area contributed by atoms with Crippen molar-refractivity contribution >= 4 is 0 Å². The van der Waals surface area contributed by atoms with E-state index in [1.807, 2.05) is 30.3 Å². The number of benzene rings is 2. The molecule has 0 fully saturated rings. The zero-order valence-electron chi connectivity index (χ0n) is 21.2. The third-order valence-electron chi connectivity index (χ3n) is 5.78. The van der Waals surface area contributed by atoms with E-state index in [1.54, 1.807) is 0 Å². The molecule has 0 saturated heterocycles. The first-order chi connectivity index (χ1) is 14.2. The maximum Gasteiger partial charge on any atom is 0.390 e. The summed E-state index contributed by atoms with van der Waals surface area (Å²) in [7, 11) is 4.40. The molecule has 0 aliphatic rings. The fraction of sp³-hybridized carbons (Fsp3) is 0.556. The zero-order valence-corrected chi connectivity index (χ0v) is 22.0. The Kier molecular flexibility index (Phi) is 12.5. The van der Waals surface area contributed by atoms with Gasteiger partial charge in [0, 0.05) is 0 Å². The normalized spacial score (nSPS) is 13.3. The molecule has 2 N–H and O–H groups in total. The van der Waals surface area contributed by atoms with Crippen molar-refractivity contribution < 1.29 is 31.8 Å². The lowest BCUT2D eigenvalue weighted by Gasteiger charge is -2.47. The predicted molar refractivity (Wildman–Crippen MR) is 130 cm³/mol. The van der Waals surface area contributed by atoms with E-state index >= 15 is 0 Å². The summed E-state index contributed by atoms with van der Waals surface area (Å²) in [6.07, 6.45) is 2.07. The molecule has 1 atom stereocenters. The molecule has 2 aromatic carbocycles. The SMILES string of the molecule is CCOC(Oc1ccccc1)(c1cccc(CC(C)C)c1CC(C)C)[N+](C)(C)CC.O.[Cl-]. The van der Waals surface area contributed by atoms with Crippen LogP contribution in [0.3, 0.4) is 0 Å². The zero-order chi connectivity index (χ0) is 22.4. The molecule has 32 heavy (non-hydrogen) atoms. The summed E-state index contributed by atoms with van der Waals surface area (Å²) in [5.74, 6) is 1.05. The van der Waals surface area contributed by atoms with E-state index in [9.17, 15) is 0 Å². The van der Waals surface area contributed by atoms with Crippen LogP contribution >= 0.6 is 0 Å². The number of hydrogen-bond donors (Lipinski definition) is 0. The molecule has 0 amide bonds. The van der Waals surface area contributed by atoms with Crippen molar-refractivity contribution in [1.82, 2.24) is 0 Å². The standard InChI is InChI=1S/C27H42NO2.ClH.H2O/c1-9-28(7,8)27(29-10-2,30-24-16-12-11-13-17-24)26-18-14-15-23(19-21(3)4)25(26)20-22(5)6;;/h11-18,21-22H,9-10,19-20H2,1-8H3;1H;1H2/q+1;;/p-1. The van der Waals surface area contributed by atoms with E-state index in [1.165, 1.54) is 11.1 Å². The monoisotopic (exact) mass is 465 g/mol. The summed E-state index contributed by atoms with van der Waals surface area (Å²) in [6, 6.07) is 16.8. The fourth-order valence-electron chi connectivity index (χ4n) is 4.05. The molecule has 0 aliphatic heterocycles. The number of para-hydroxylation sites is 1. The number of halogens is 1.